The average Bonchev–Trinajstić information content (AvgIpc) is 3.05. The number of aromatic nitrogens is 2. The Labute approximate surface area is 177 Å². The number of carbonyl (C=O) groups is 1. The van der Waals surface area contributed by atoms with Crippen molar-refractivity contribution >= 4 is 27.0 Å². The van der Waals surface area contributed by atoms with E-state index in [1.54, 1.807) is 41.8 Å². The Balaban J connectivity index is 1.70. The molecule has 0 radical (unpaired) electrons. The Morgan fingerprint density at radius 1 is 1.03 bits per heavy atom. The number of hydrogen-bond acceptors (Lipinski definition) is 4. The van der Waals surface area contributed by atoms with E-state index in [0.717, 1.165) is 6.07 Å². The van der Waals surface area contributed by atoms with Gasteiger partial charge in [-0.15, -0.1) is 0 Å². The standard InChI is InChI=1S/C22H17F2N3O3S/c1-14-25-21-18(22(28)26-31(29,30)17-6-3-2-4-7-17)8-5-9-20(21)27(14)13-15-10-11-16(23)12-19(15)24/h2-12H,13H2,1H3,(H,26,28). The summed E-state index contributed by atoms with van der Waals surface area (Å²) >= 11 is 0. The lowest BCUT2D eigenvalue weighted by Crippen LogP contribution is -2.30. The molecule has 4 aromatic rings. The van der Waals surface area contributed by atoms with Crippen LogP contribution < -0.4 is 4.72 Å². The van der Waals surface area contributed by atoms with Crippen LogP contribution in [0, 0.1) is 18.6 Å². The highest BCUT2D eigenvalue weighted by Gasteiger charge is 2.22. The molecule has 1 N–H and O–H groups in total. The van der Waals surface area contributed by atoms with Crippen molar-refractivity contribution in [2.24, 2.45) is 0 Å². The molecular formula is C22H17F2N3O3S. The normalized spacial score (nSPS) is 11.6. The third-order valence-electron chi connectivity index (χ3n) is 4.84. The summed E-state index contributed by atoms with van der Waals surface area (Å²) in [5.41, 5.74) is 1.12. The van der Waals surface area contributed by atoms with Gasteiger partial charge in [0.05, 0.1) is 22.5 Å². The maximum Gasteiger partial charge on any atom is 0.267 e. The quantitative estimate of drug-likeness (QED) is 0.511. The summed E-state index contributed by atoms with van der Waals surface area (Å²) in [6.45, 7) is 1.76. The van der Waals surface area contributed by atoms with Crippen molar-refractivity contribution in [2.75, 3.05) is 0 Å². The first-order valence-electron chi connectivity index (χ1n) is 9.28. The van der Waals surface area contributed by atoms with Crippen LogP contribution in [-0.4, -0.2) is 23.9 Å². The maximum atomic E-state index is 14.1. The molecule has 0 aliphatic carbocycles. The van der Waals surface area contributed by atoms with E-state index in [1.807, 2.05) is 0 Å². The fourth-order valence-corrected chi connectivity index (χ4v) is 4.29. The minimum atomic E-state index is -4.06. The topological polar surface area (TPSA) is 81.1 Å². The molecular weight excluding hydrogens is 424 g/mol. The van der Waals surface area contributed by atoms with E-state index in [4.69, 9.17) is 0 Å². The van der Waals surface area contributed by atoms with Gasteiger partial charge in [-0.25, -0.2) is 26.9 Å². The third kappa shape index (κ3) is 4.04. The lowest BCUT2D eigenvalue weighted by atomic mass is 10.1. The number of halogens is 2. The predicted molar refractivity (Wildman–Crippen MR) is 111 cm³/mol. The zero-order valence-corrected chi connectivity index (χ0v) is 17.2. The van der Waals surface area contributed by atoms with Crippen LogP contribution in [0.2, 0.25) is 0 Å². The van der Waals surface area contributed by atoms with Gasteiger partial charge < -0.3 is 4.57 Å². The molecule has 6 nitrogen and oxygen atoms in total. The number of amides is 1. The third-order valence-corrected chi connectivity index (χ3v) is 6.19. The molecule has 0 saturated heterocycles. The number of aryl methyl sites for hydroxylation is 1. The van der Waals surface area contributed by atoms with Gasteiger partial charge in [0.2, 0.25) is 0 Å². The molecule has 31 heavy (non-hydrogen) atoms. The second-order valence-corrected chi connectivity index (χ2v) is 8.58. The zero-order valence-electron chi connectivity index (χ0n) is 16.3. The van der Waals surface area contributed by atoms with Crippen molar-refractivity contribution in [2.45, 2.75) is 18.4 Å². The van der Waals surface area contributed by atoms with Gasteiger partial charge >= 0.3 is 0 Å². The monoisotopic (exact) mass is 441 g/mol. The SMILES string of the molecule is Cc1nc2c(C(=O)NS(=O)(=O)c3ccccc3)cccc2n1Cc1ccc(F)cc1F. The van der Waals surface area contributed by atoms with Gasteiger partial charge in [0, 0.05) is 11.6 Å². The van der Waals surface area contributed by atoms with Crippen molar-refractivity contribution in [3.63, 3.8) is 0 Å². The first kappa shape index (κ1) is 20.7. The summed E-state index contributed by atoms with van der Waals surface area (Å²) < 4.78 is 56.1. The fourth-order valence-electron chi connectivity index (χ4n) is 3.30. The van der Waals surface area contributed by atoms with Gasteiger partial charge in [-0.05, 0) is 37.3 Å². The van der Waals surface area contributed by atoms with E-state index in [1.165, 1.54) is 30.3 Å². The Kier molecular flexibility index (Phi) is 5.28. The van der Waals surface area contributed by atoms with Gasteiger partial charge in [-0.2, -0.15) is 0 Å². The number of imidazole rings is 1. The van der Waals surface area contributed by atoms with Gasteiger partial charge in [0.15, 0.2) is 0 Å². The van der Waals surface area contributed by atoms with Gasteiger partial charge in [-0.1, -0.05) is 30.3 Å². The minimum absolute atomic E-state index is 0.0379. The molecule has 0 atom stereocenters. The van der Waals surface area contributed by atoms with Gasteiger partial charge in [0.25, 0.3) is 15.9 Å². The number of nitrogens with zero attached hydrogens (tertiary/aromatic N) is 2. The molecule has 158 valence electrons. The van der Waals surface area contributed by atoms with E-state index in [-0.39, 0.29) is 28.1 Å². The molecule has 0 unspecified atom stereocenters. The second kappa shape index (κ2) is 7.92. The number of benzene rings is 3. The summed E-state index contributed by atoms with van der Waals surface area (Å²) in [7, 11) is -4.06. The van der Waals surface area contributed by atoms with E-state index in [9.17, 15) is 22.0 Å². The van der Waals surface area contributed by atoms with E-state index in [0.29, 0.717) is 11.3 Å². The van der Waals surface area contributed by atoms with Crippen LogP contribution in [0.4, 0.5) is 8.78 Å². The fraction of sp³-hybridized carbons (Fsp3) is 0.0909. The highest BCUT2D eigenvalue weighted by Crippen LogP contribution is 2.23. The summed E-state index contributed by atoms with van der Waals surface area (Å²) in [5.74, 6) is -1.70. The van der Waals surface area contributed by atoms with Crippen LogP contribution in [0.1, 0.15) is 21.7 Å². The molecule has 0 fully saturated rings. The van der Waals surface area contributed by atoms with Crippen LogP contribution in [0.5, 0.6) is 0 Å². The molecule has 4 rings (SSSR count). The molecule has 9 heteroatoms. The number of para-hydroxylation sites is 1. The molecule has 0 spiro atoms. The molecule has 3 aromatic carbocycles. The Morgan fingerprint density at radius 2 is 1.77 bits per heavy atom. The molecule has 0 bridgehead atoms. The Morgan fingerprint density at radius 3 is 2.48 bits per heavy atom. The van der Waals surface area contributed by atoms with E-state index < -0.39 is 27.6 Å². The maximum absolute atomic E-state index is 14.1. The lowest BCUT2D eigenvalue weighted by molar-refractivity contribution is 0.0983. The van der Waals surface area contributed by atoms with Gasteiger partial charge in [-0.3, -0.25) is 4.79 Å². The van der Waals surface area contributed by atoms with Crippen molar-refractivity contribution in [3.05, 3.63) is 95.3 Å². The first-order chi connectivity index (χ1) is 14.8. The van der Waals surface area contributed by atoms with Crippen molar-refractivity contribution < 1.29 is 22.0 Å². The lowest BCUT2D eigenvalue weighted by Gasteiger charge is -2.09. The van der Waals surface area contributed by atoms with E-state index >= 15 is 0 Å². The number of fused-ring (bicyclic) bond motifs is 1. The molecule has 1 heterocycles. The van der Waals surface area contributed by atoms with Crippen molar-refractivity contribution in [3.8, 4) is 0 Å². The van der Waals surface area contributed by atoms with Crippen molar-refractivity contribution in [1.82, 2.24) is 14.3 Å². The Hall–Kier alpha value is -3.59. The number of rotatable bonds is 5. The second-order valence-electron chi connectivity index (χ2n) is 6.90. The summed E-state index contributed by atoms with van der Waals surface area (Å²) in [5, 5.41) is 0. The number of hydrogen-bond donors (Lipinski definition) is 1. The number of nitrogens with one attached hydrogen (secondary N) is 1. The summed E-state index contributed by atoms with van der Waals surface area (Å²) in [6, 6.07) is 15.6. The molecule has 1 amide bonds. The van der Waals surface area contributed by atoms with Crippen LogP contribution in [0.25, 0.3) is 11.0 Å². The highest BCUT2D eigenvalue weighted by atomic mass is 32.2. The van der Waals surface area contributed by atoms with Crippen LogP contribution in [0.15, 0.2) is 71.6 Å². The average molecular weight is 441 g/mol. The molecule has 0 aliphatic rings. The zero-order chi connectivity index (χ0) is 22.2. The Bertz CT molecular complexity index is 1400. The molecule has 1 aromatic heterocycles. The van der Waals surface area contributed by atoms with Crippen LogP contribution >= 0.6 is 0 Å². The van der Waals surface area contributed by atoms with Crippen molar-refractivity contribution in [1.29, 1.82) is 0 Å². The smallest absolute Gasteiger partial charge is 0.267 e. The van der Waals surface area contributed by atoms with Gasteiger partial charge in [0.1, 0.15) is 23.0 Å². The van der Waals surface area contributed by atoms with Crippen LogP contribution in [-0.2, 0) is 16.6 Å². The molecule has 0 aliphatic heterocycles. The molecule has 0 saturated carbocycles. The number of sulfonamides is 1. The summed E-state index contributed by atoms with van der Waals surface area (Å²) in [6.07, 6.45) is 0. The van der Waals surface area contributed by atoms with E-state index in [2.05, 4.69) is 9.71 Å². The predicted octanol–water partition coefficient (Wildman–Crippen LogP) is 3.79. The van der Waals surface area contributed by atoms with Crippen LogP contribution in [0.3, 0.4) is 0 Å². The highest BCUT2D eigenvalue weighted by molar-refractivity contribution is 7.90. The number of carbonyl (C=O) groups excluding carboxylic acids is 1. The largest absolute Gasteiger partial charge is 0.324 e. The minimum Gasteiger partial charge on any atom is -0.324 e. The summed E-state index contributed by atoms with van der Waals surface area (Å²) in [4.78, 5) is 17.1. The first-order valence-corrected chi connectivity index (χ1v) is 10.8.